The average Bonchev–Trinajstić information content (AvgIpc) is 2.74. The summed E-state index contributed by atoms with van der Waals surface area (Å²) in [6.45, 7) is 0. The van der Waals surface area contributed by atoms with Crippen LogP contribution in [-0.4, -0.2) is 20.9 Å². The minimum absolute atomic E-state index is 0.0867. The summed E-state index contributed by atoms with van der Waals surface area (Å²) in [7, 11) is 0. The van der Waals surface area contributed by atoms with Crippen LogP contribution in [0.15, 0.2) is 36.7 Å². The van der Waals surface area contributed by atoms with E-state index >= 15 is 0 Å². The van der Waals surface area contributed by atoms with Crippen molar-refractivity contribution in [3.8, 4) is 11.4 Å². The van der Waals surface area contributed by atoms with E-state index in [0.717, 1.165) is 10.9 Å². The van der Waals surface area contributed by atoms with Gasteiger partial charge in [0, 0.05) is 22.9 Å². The van der Waals surface area contributed by atoms with Crippen LogP contribution in [-0.2, 0) is 0 Å². The average molecular weight is 274 g/mol. The first-order valence-electron chi connectivity index (χ1n) is 4.87. The van der Waals surface area contributed by atoms with Crippen LogP contribution in [0, 0.1) is 0 Å². The van der Waals surface area contributed by atoms with Crippen molar-refractivity contribution in [3.05, 3.63) is 41.7 Å². The highest BCUT2D eigenvalue weighted by Gasteiger charge is 2.22. The number of rotatable bonds is 2. The first kappa shape index (κ1) is 12.6. The van der Waals surface area contributed by atoms with E-state index < -0.39 is 6.18 Å². The predicted octanol–water partition coefficient (Wildman–Crippen LogP) is 3.63. The molecule has 0 unspecified atom stereocenters. The lowest BCUT2D eigenvalue weighted by molar-refractivity contribution is -0.0792. The molecule has 0 aliphatic heterocycles. The van der Waals surface area contributed by atoms with Gasteiger partial charge in [0.1, 0.15) is 6.33 Å². The molecule has 0 saturated carbocycles. The normalized spacial score (nSPS) is 12.2. The highest BCUT2D eigenvalue weighted by Crippen LogP contribution is 2.19. The molecular formula is C11H7ClF3N3. The Morgan fingerprint density at radius 1 is 1.28 bits per heavy atom. The SMILES string of the molecule is FC(F)(F)C=Cn1cnc(-c2cccc(Cl)c2)n1. The molecule has 0 spiro atoms. The van der Waals surface area contributed by atoms with Crippen molar-refractivity contribution in [1.29, 1.82) is 0 Å². The van der Waals surface area contributed by atoms with Crippen LogP contribution in [0.2, 0.25) is 5.02 Å². The van der Waals surface area contributed by atoms with Gasteiger partial charge in [-0.25, -0.2) is 9.67 Å². The summed E-state index contributed by atoms with van der Waals surface area (Å²) in [6, 6.07) is 6.75. The number of hydrogen-bond donors (Lipinski definition) is 0. The Hall–Kier alpha value is -1.82. The van der Waals surface area contributed by atoms with E-state index in [-0.39, 0.29) is 6.08 Å². The largest absolute Gasteiger partial charge is 0.411 e. The molecular weight excluding hydrogens is 267 g/mol. The maximum absolute atomic E-state index is 12.0. The fourth-order valence-electron chi connectivity index (χ4n) is 1.27. The highest BCUT2D eigenvalue weighted by atomic mass is 35.5. The molecule has 1 heterocycles. The van der Waals surface area contributed by atoms with E-state index in [9.17, 15) is 13.2 Å². The fourth-order valence-corrected chi connectivity index (χ4v) is 1.46. The molecule has 0 aliphatic rings. The van der Waals surface area contributed by atoms with Gasteiger partial charge >= 0.3 is 6.18 Å². The maximum atomic E-state index is 12.0. The van der Waals surface area contributed by atoms with Gasteiger partial charge in [0.05, 0.1) is 0 Å². The van der Waals surface area contributed by atoms with E-state index in [0.29, 0.717) is 16.4 Å². The van der Waals surface area contributed by atoms with Gasteiger partial charge in [-0.2, -0.15) is 13.2 Å². The predicted molar refractivity (Wildman–Crippen MR) is 61.9 cm³/mol. The van der Waals surface area contributed by atoms with Crippen LogP contribution in [0.4, 0.5) is 13.2 Å². The summed E-state index contributed by atoms with van der Waals surface area (Å²) in [5, 5.41) is 4.39. The van der Waals surface area contributed by atoms with E-state index in [1.54, 1.807) is 24.3 Å². The molecule has 94 valence electrons. The second kappa shape index (κ2) is 4.81. The Bertz CT molecular complexity index is 575. The molecule has 7 heteroatoms. The van der Waals surface area contributed by atoms with Crippen molar-refractivity contribution in [1.82, 2.24) is 14.8 Å². The number of alkyl halides is 3. The highest BCUT2D eigenvalue weighted by molar-refractivity contribution is 6.30. The third-order valence-corrected chi connectivity index (χ3v) is 2.24. The molecule has 18 heavy (non-hydrogen) atoms. The molecule has 1 aromatic carbocycles. The van der Waals surface area contributed by atoms with E-state index in [2.05, 4.69) is 10.1 Å². The Balaban J connectivity index is 2.23. The molecule has 0 atom stereocenters. The number of hydrogen-bond acceptors (Lipinski definition) is 2. The minimum Gasteiger partial charge on any atom is -0.228 e. The maximum Gasteiger partial charge on any atom is 0.411 e. The lowest BCUT2D eigenvalue weighted by atomic mass is 10.2. The summed E-state index contributed by atoms with van der Waals surface area (Å²) in [5.41, 5.74) is 0.640. The number of benzene rings is 1. The summed E-state index contributed by atoms with van der Waals surface area (Å²) in [6.07, 6.45) is -2.30. The standard InChI is InChI=1S/C11H7ClF3N3/c12-9-3-1-2-8(6-9)10-16-7-18(17-10)5-4-11(13,14)15/h1-7H. The Labute approximate surface area is 106 Å². The Morgan fingerprint density at radius 3 is 2.72 bits per heavy atom. The minimum atomic E-state index is -4.37. The van der Waals surface area contributed by atoms with Crippen molar-refractivity contribution < 1.29 is 13.2 Å². The zero-order valence-electron chi connectivity index (χ0n) is 8.89. The zero-order valence-corrected chi connectivity index (χ0v) is 9.65. The summed E-state index contributed by atoms with van der Waals surface area (Å²) in [5.74, 6) is 0.310. The third kappa shape index (κ3) is 3.33. The van der Waals surface area contributed by atoms with Gasteiger partial charge in [0.25, 0.3) is 0 Å². The van der Waals surface area contributed by atoms with E-state index in [1.807, 2.05) is 0 Å². The van der Waals surface area contributed by atoms with Gasteiger partial charge in [-0.05, 0) is 12.1 Å². The molecule has 1 aromatic heterocycles. The first-order chi connectivity index (χ1) is 8.44. The van der Waals surface area contributed by atoms with Crippen molar-refractivity contribution in [3.63, 3.8) is 0 Å². The lowest BCUT2D eigenvalue weighted by Gasteiger charge is -1.97. The second-order valence-corrected chi connectivity index (χ2v) is 3.85. The van der Waals surface area contributed by atoms with Gasteiger partial charge in [0.2, 0.25) is 0 Å². The second-order valence-electron chi connectivity index (χ2n) is 3.42. The molecule has 0 saturated heterocycles. The molecule has 0 fully saturated rings. The molecule has 2 rings (SSSR count). The topological polar surface area (TPSA) is 30.7 Å². The van der Waals surface area contributed by atoms with Crippen LogP contribution in [0.25, 0.3) is 17.6 Å². The van der Waals surface area contributed by atoms with Crippen molar-refractivity contribution in [2.75, 3.05) is 0 Å². The van der Waals surface area contributed by atoms with Crippen molar-refractivity contribution in [2.45, 2.75) is 6.18 Å². The summed E-state index contributed by atoms with van der Waals surface area (Å²) in [4.78, 5) is 3.90. The molecule has 0 amide bonds. The van der Waals surface area contributed by atoms with Gasteiger partial charge in [0.15, 0.2) is 5.82 Å². The van der Waals surface area contributed by atoms with Gasteiger partial charge < -0.3 is 0 Å². The van der Waals surface area contributed by atoms with Gasteiger partial charge in [-0.15, -0.1) is 5.10 Å². The zero-order chi connectivity index (χ0) is 13.2. The summed E-state index contributed by atoms with van der Waals surface area (Å²) < 4.78 is 36.9. The van der Waals surface area contributed by atoms with Crippen LogP contribution >= 0.6 is 11.6 Å². The number of nitrogens with zero attached hydrogens (tertiary/aromatic N) is 3. The lowest BCUT2D eigenvalue weighted by Crippen LogP contribution is -2.01. The molecule has 0 N–H and O–H groups in total. The van der Waals surface area contributed by atoms with Crippen molar-refractivity contribution in [2.24, 2.45) is 0 Å². The van der Waals surface area contributed by atoms with E-state index in [1.165, 1.54) is 6.33 Å². The number of halogens is 4. The molecule has 0 bridgehead atoms. The molecule has 2 aromatic rings. The monoisotopic (exact) mass is 273 g/mol. The fraction of sp³-hybridized carbons (Fsp3) is 0.0909. The molecule has 0 radical (unpaired) electrons. The summed E-state index contributed by atoms with van der Waals surface area (Å²) >= 11 is 5.80. The molecule has 3 nitrogen and oxygen atoms in total. The van der Waals surface area contributed by atoms with E-state index in [4.69, 9.17) is 11.6 Å². The molecule has 0 aliphatic carbocycles. The van der Waals surface area contributed by atoms with Crippen LogP contribution in [0.1, 0.15) is 0 Å². The quantitative estimate of drug-likeness (QED) is 0.836. The Morgan fingerprint density at radius 2 is 2.06 bits per heavy atom. The van der Waals surface area contributed by atoms with Crippen LogP contribution < -0.4 is 0 Å². The smallest absolute Gasteiger partial charge is 0.228 e. The first-order valence-corrected chi connectivity index (χ1v) is 5.25. The van der Waals surface area contributed by atoms with Crippen molar-refractivity contribution >= 4 is 17.8 Å². The van der Waals surface area contributed by atoms with Gasteiger partial charge in [-0.1, -0.05) is 23.7 Å². The number of aromatic nitrogens is 3. The number of allylic oxidation sites excluding steroid dienone is 1. The van der Waals surface area contributed by atoms with Gasteiger partial charge in [-0.3, -0.25) is 0 Å². The van der Waals surface area contributed by atoms with Crippen LogP contribution in [0.3, 0.4) is 0 Å². The third-order valence-electron chi connectivity index (χ3n) is 2.01. The Kier molecular flexibility index (Phi) is 3.38. The van der Waals surface area contributed by atoms with Crippen LogP contribution in [0.5, 0.6) is 0 Å².